The number of ether oxygens (including phenoxy) is 3. The fourth-order valence-corrected chi connectivity index (χ4v) is 5.58. The lowest BCUT2D eigenvalue weighted by Gasteiger charge is -2.31. The Morgan fingerprint density at radius 3 is 1.56 bits per heavy atom. The number of hydrogen-bond acceptors (Lipinski definition) is 6. The molecule has 1 N–H and O–H groups in total. The predicted molar refractivity (Wildman–Crippen MR) is 247 cm³/mol. The molecule has 2 atom stereocenters. The lowest BCUT2D eigenvalue weighted by Crippen LogP contribution is -2.50. The van der Waals surface area contributed by atoms with Crippen LogP contribution in [0.1, 0.15) is 129 Å². The summed E-state index contributed by atoms with van der Waals surface area (Å²) in [6, 6.07) is -0.637. The van der Waals surface area contributed by atoms with Gasteiger partial charge >= 0.3 is 17.9 Å². The summed E-state index contributed by atoms with van der Waals surface area (Å²) in [5.41, 5.74) is 0. The minimum absolute atomic E-state index is 0.0207. The van der Waals surface area contributed by atoms with Crippen molar-refractivity contribution in [1.29, 1.82) is 0 Å². The zero-order valence-corrected chi connectivity index (χ0v) is 37.4. The monoisotopic (exact) mass is 819 g/mol. The SMILES string of the molecule is CC/C=C/C=C/C=C/C=C/CCCCCCCC(=O)OCC(COCCC(C(=O)O)[N+](C)(C)C)OC(=O)CCC/C=C/C/C=C/C/C=C/C/C=C/C/C=C/C/C=C/CC. The van der Waals surface area contributed by atoms with E-state index in [2.05, 4.69) is 105 Å². The van der Waals surface area contributed by atoms with E-state index in [1.165, 1.54) is 0 Å². The van der Waals surface area contributed by atoms with E-state index in [1.54, 1.807) is 0 Å². The van der Waals surface area contributed by atoms with Crippen LogP contribution in [0.5, 0.6) is 0 Å². The van der Waals surface area contributed by atoms with E-state index < -0.39 is 18.1 Å². The van der Waals surface area contributed by atoms with Crippen LogP contribution in [0.3, 0.4) is 0 Å². The normalized spacial score (nSPS) is 14.1. The van der Waals surface area contributed by atoms with E-state index in [-0.39, 0.29) is 42.7 Å². The van der Waals surface area contributed by atoms with Crippen LogP contribution >= 0.6 is 0 Å². The van der Waals surface area contributed by atoms with Crippen molar-refractivity contribution >= 4 is 17.9 Å². The Labute approximate surface area is 359 Å². The average Bonchev–Trinajstić information content (AvgIpc) is 3.19. The summed E-state index contributed by atoms with van der Waals surface area (Å²) in [5, 5.41) is 9.62. The predicted octanol–water partition coefficient (Wildman–Crippen LogP) is 12.2. The highest BCUT2D eigenvalue weighted by Crippen LogP contribution is 2.11. The van der Waals surface area contributed by atoms with Crippen molar-refractivity contribution in [3.8, 4) is 0 Å². The zero-order chi connectivity index (χ0) is 43.5. The third-order valence-corrected chi connectivity index (χ3v) is 8.95. The molecule has 59 heavy (non-hydrogen) atoms. The van der Waals surface area contributed by atoms with Crippen LogP contribution < -0.4 is 0 Å². The Morgan fingerprint density at radius 2 is 1.00 bits per heavy atom. The van der Waals surface area contributed by atoms with Gasteiger partial charge in [0.05, 0.1) is 34.4 Å². The van der Waals surface area contributed by atoms with Crippen molar-refractivity contribution in [1.82, 2.24) is 0 Å². The molecule has 0 saturated carbocycles. The molecule has 0 aliphatic heterocycles. The number of carboxylic acids is 1. The molecule has 0 amide bonds. The molecule has 330 valence electrons. The average molecular weight is 819 g/mol. The smallest absolute Gasteiger partial charge is 0.362 e. The lowest BCUT2D eigenvalue weighted by atomic mass is 10.1. The Kier molecular flexibility index (Phi) is 37.6. The van der Waals surface area contributed by atoms with E-state index in [0.717, 1.165) is 89.9 Å². The number of hydrogen-bond donors (Lipinski definition) is 1. The summed E-state index contributed by atoms with van der Waals surface area (Å²) in [6.07, 6.45) is 56.8. The van der Waals surface area contributed by atoms with Gasteiger partial charge in [-0.2, -0.15) is 0 Å². The van der Waals surface area contributed by atoms with Crippen LogP contribution in [0.15, 0.2) is 122 Å². The van der Waals surface area contributed by atoms with Crippen molar-refractivity contribution < 1.29 is 38.2 Å². The molecule has 0 rings (SSSR count). The van der Waals surface area contributed by atoms with Gasteiger partial charge in [0.2, 0.25) is 0 Å². The number of carboxylic acid groups (broad SMARTS) is 1. The maximum atomic E-state index is 12.7. The molecule has 0 bridgehead atoms. The molecule has 0 aliphatic rings. The number of likely N-dealkylation sites (N-methyl/N-ethyl adjacent to an activating group) is 1. The number of quaternary nitrogens is 1. The number of aliphatic carboxylic acids is 1. The third-order valence-electron chi connectivity index (χ3n) is 8.95. The highest BCUT2D eigenvalue weighted by atomic mass is 16.6. The van der Waals surface area contributed by atoms with Gasteiger partial charge in [-0.15, -0.1) is 0 Å². The van der Waals surface area contributed by atoms with Gasteiger partial charge < -0.3 is 23.8 Å². The third kappa shape index (κ3) is 39.0. The molecule has 8 nitrogen and oxygen atoms in total. The first-order chi connectivity index (χ1) is 28.6. The lowest BCUT2D eigenvalue weighted by molar-refractivity contribution is -0.887. The van der Waals surface area contributed by atoms with Gasteiger partial charge in [0, 0.05) is 19.3 Å². The first-order valence-electron chi connectivity index (χ1n) is 22.1. The summed E-state index contributed by atoms with van der Waals surface area (Å²) in [7, 11) is 5.48. The molecule has 2 unspecified atom stereocenters. The number of allylic oxidation sites excluding steroid dienone is 20. The highest BCUT2D eigenvalue weighted by Gasteiger charge is 2.31. The second-order valence-electron chi connectivity index (χ2n) is 15.3. The molecule has 0 spiro atoms. The Balaban J connectivity index is 4.52. The van der Waals surface area contributed by atoms with Gasteiger partial charge in [-0.25, -0.2) is 4.79 Å². The molecule has 0 aromatic carbocycles. The highest BCUT2D eigenvalue weighted by molar-refractivity contribution is 5.72. The molecule has 0 aromatic heterocycles. The van der Waals surface area contributed by atoms with Gasteiger partial charge in [-0.05, 0) is 77.0 Å². The van der Waals surface area contributed by atoms with Gasteiger partial charge in [-0.1, -0.05) is 155 Å². The molecule has 0 radical (unpaired) electrons. The van der Waals surface area contributed by atoms with E-state index in [0.29, 0.717) is 19.3 Å². The first-order valence-corrected chi connectivity index (χ1v) is 22.1. The van der Waals surface area contributed by atoms with Crippen molar-refractivity contribution in [3.63, 3.8) is 0 Å². The Hall–Kier alpha value is -4.27. The number of unbranched alkanes of at least 4 members (excludes halogenated alkanes) is 6. The fraction of sp³-hybridized carbons (Fsp3) is 0.549. The first kappa shape index (κ1) is 54.7. The summed E-state index contributed by atoms with van der Waals surface area (Å²) in [4.78, 5) is 37.0. The van der Waals surface area contributed by atoms with E-state index in [4.69, 9.17) is 14.2 Å². The van der Waals surface area contributed by atoms with E-state index >= 15 is 0 Å². The van der Waals surface area contributed by atoms with Gasteiger partial charge in [-0.3, -0.25) is 9.59 Å². The zero-order valence-electron chi connectivity index (χ0n) is 37.4. The summed E-state index contributed by atoms with van der Waals surface area (Å²) >= 11 is 0. The van der Waals surface area contributed by atoms with E-state index in [9.17, 15) is 19.5 Å². The Bertz CT molecular complexity index is 1370. The fourth-order valence-electron chi connectivity index (χ4n) is 5.58. The molecule has 8 heteroatoms. The van der Waals surface area contributed by atoms with Crippen molar-refractivity contribution in [3.05, 3.63) is 122 Å². The maximum Gasteiger partial charge on any atom is 0.362 e. The molecule has 0 saturated heterocycles. The summed E-state index contributed by atoms with van der Waals surface area (Å²) in [5.74, 6) is -1.60. The minimum atomic E-state index is -0.894. The molecular formula is C51H80NO7+. The number of carbonyl (C=O) groups is 3. The number of esters is 2. The van der Waals surface area contributed by atoms with Crippen molar-refractivity contribution in [2.24, 2.45) is 0 Å². The second-order valence-corrected chi connectivity index (χ2v) is 15.3. The van der Waals surface area contributed by atoms with Crippen LogP contribution in [0.2, 0.25) is 0 Å². The van der Waals surface area contributed by atoms with Gasteiger partial charge in [0.15, 0.2) is 12.1 Å². The molecule has 0 aliphatic carbocycles. The number of nitrogens with zero attached hydrogens (tertiary/aromatic N) is 1. The van der Waals surface area contributed by atoms with Crippen LogP contribution in [-0.4, -0.2) is 80.6 Å². The Morgan fingerprint density at radius 1 is 0.525 bits per heavy atom. The van der Waals surface area contributed by atoms with Gasteiger partial charge in [0.1, 0.15) is 6.61 Å². The maximum absolute atomic E-state index is 12.7. The van der Waals surface area contributed by atoms with Crippen LogP contribution in [0.4, 0.5) is 0 Å². The summed E-state index contributed by atoms with van der Waals surface area (Å²) < 4.78 is 17.2. The van der Waals surface area contributed by atoms with Crippen LogP contribution in [0, 0.1) is 0 Å². The van der Waals surface area contributed by atoms with E-state index in [1.807, 2.05) is 51.5 Å². The quantitative estimate of drug-likeness (QED) is 0.0219. The topological polar surface area (TPSA) is 99.1 Å². The molecule has 0 heterocycles. The largest absolute Gasteiger partial charge is 0.477 e. The molecule has 0 fully saturated rings. The van der Waals surface area contributed by atoms with Crippen molar-refractivity contribution in [2.75, 3.05) is 41.0 Å². The standard InChI is InChI=1S/C51H79NO7/c1-6-8-10-12-14-16-18-20-22-23-24-25-26-28-30-32-34-36-38-40-42-50(54)59-47(45-57-44-43-48(51(55)56)52(3,4)5)46-58-49(53)41-39-37-35-33-31-29-27-21-19-17-15-13-11-9-7-2/h8-11,13-17,19-22,24-25,27-28,30,34,36,47-48H,6-7,12,18,23,26,29,31-33,35,37-46H2,1-5H3/p+1/b10-8+,11-9+,15-13+,16-14+,19-17+,22-20+,25-24+,27-21+,30-28+,36-34+. The molecule has 0 aromatic rings. The van der Waals surface area contributed by atoms with Gasteiger partial charge in [0.25, 0.3) is 0 Å². The number of carbonyl (C=O) groups excluding carboxylic acids is 2. The van der Waals surface area contributed by atoms with Crippen molar-refractivity contribution in [2.45, 2.75) is 142 Å². The number of rotatable bonds is 37. The minimum Gasteiger partial charge on any atom is -0.477 e. The second kappa shape index (κ2) is 40.5. The van der Waals surface area contributed by atoms with Crippen LogP contribution in [-0.2, 0) is 28.6 Å². The van der Waals surface area contributed by atoms with Crippen LogP contribution in [0.25, 0.3) is 0 Å². The molecular weight excluding hydrogens is 739 g/mol. The summed E-state index contributed by atoms with van der Waals surface area (Å²) in [6.45, 7) is 4.36.